The summed E-state index contributed by atoms with van der Waals surface area (Å²) in [5.74, 6) is -0.574. The number of aromatic nitrogens is 2. The number of aryl methyl sites for hydroxylation is 2. The Morgan fingerprint density at radius 1 is 1.06 bits per heavy atom. The van der Waals surface area contributed by atoms with Crippen LogP contribution in [-0.4, -0.2) is 15.1 Å². The Balaban J connectivity index is 2.67. The number of nitrogens with zero attached hydrogens (tertiary/aromatic N) is 2. The lowest BCUT2D eigenvalue weighted by molar-refractivity contribution is 0.469. The monoisotopic (exact) mass is 218 g/mol. The molecule has 1 aromatic carbocycles. The van der Waals surface area contributed by atoms with Crippen molar-refractivity contribution in [1.29, 1.82) is 0 Å². The highest BCUT2D eigenvalue weighted by Crippen LogP contribution is 2.28. The Kier molecular flexibility index (Phi) is 2.56. The molecular weight excluding hydrogens is 207 g/mol. The summed E-state index contributed by atoms with van der Waals surface area (Å²) in [4.78, 5) is 8.12. The second kappa shape index (κ2) is 3.89. The zero-order valence-electron chi connectivity index (χ0n) is 9.03. The number of aromatic hydroxyl groups is 1. The van der Waals surface area contributed by atoms with E-state index < -0.39 is 5.82 Å². The zero-order valence-corrected chi connectivity index (χ0v) is 9.03. The smallest absolute Gasteiger partial charge is 0.127 e. The maximum atomic E-state index is 13.2. The lowest BCUT2D eigenvalue weighted by Gasteiger charge is -2.08. The van der Waals surface area contributed by atoms with Gasteiger partial charge in [0.05, 0.1) is 0 Å². The minimum atomic E-state index is -0.474. The molecule has 0 amide bonds. The highest BCUT2D eigenvalue weighted by molar-refractivity contribution is 5.69. The van der Waals surface area contributed by atoms with Crippen molar-refractivity contribution in [3.63, 3.8) is 0 Å². The van der Waals surface area contributed by atoms with Crippen molar-refractivity contribution in [3.05, 3.63) is 41.7 Å². The van der Waals surface area contributed by atoms with Gasteiger partial charge in [0.1, 0.15) is 17.9 Å². The molecule has 0 bridgehead atoms. The fraction of sp³-hybridized carbons (Fsp3) is 0.167. The highest BCUT2D eigenvalue weighted by atomic mass is 19.1. The highest BCUT2D eigenvalue weighted by Gasteiger charge is 2.09. The molecule has 1 heterocycles. The molecule has 0 fully saturated rings. The van der Waals surface area contributed by atoms with Crippen LogP contribution < -0.4 is 0 Å². The molecule has 0 aliphatic carbocycles. The Bertz CT molecular complexity index is 500. The second-order valence-electron chi connectivity index (χ2n) is 3.62. The minimum Gasteiger partial charge on any atom is -0.508 e. The van der Waals surface area contributed by atoms with Crippen molar-refractivity contribution >= 4 is 0 Å². The first kappa shape index (κ1) is 10.5. The molecule has 0 aliphatic heterocycles. The van der Waals surface area contributed by atoms with Gasteiger partial charge in [0, 0.05) is 23.0 Å². The van der Waals surface area contributed by atoms with E-state index in [1.807, 2.05) is 13.8 Å². The van der Waals surface area contributed by atoms with Gasteiger partial charge in [0.2, 0.25) is 0 Å². The van der Waals surface area contributed by atoms with Gasteiger partial charge in [-0.25, -0.2) is 14.4 Å². The Labute approximate surface area is 92.6 Å². The third-order valence-corrected chi connectivity index (χ3v) is 2.40. The van der Waals surface area contributed by atoms with Gasteiger partial charge in [-0.3, -0.25) is 0 Å². The zero-order chi connectivity index (χ0) is 11.7. The fourth-order valence-electron chi connectivity index (χ4n) is 1.73. The summed E-state index contributed by atoms with van der Waals surface area (Å²) in [5.41, 5.74) is 2.88. The topological polar surface area (TPSA) is 46.0 Å². The van der Waals surface area contributed by atoms with Crippen LogP contribution in [0, 0.1) is 19.7 Å². The van der Waals surface area contributed by atoms with Gasteiger partial charge in [-0.05, 0) is 31.5 Å². The van der Waals surface area contributed by atoms with Crippen LogP contribution in [-0.2, 0) is 0 Å². The largest absolute Gasteiger partial charge is 0.508 e. The molecule has 0 unspecified atom stereocenters. The van der Waals surface area contributed by atoms with E-state index in [1.165, 1.54) is 18.5 Å². The van der Waals surface area contributed by atoms with Crippen molar-refractivity contribution in [2.24, 2.45) is 0 Å². The van der Waals surface area contributed by atoms with Crippen LogP contribution in [0.3, 0.4) is 0 Å². The van der Waals surface area contributed by atoms with Crippen molar-refractivity contribution in [2.75, 3.05) is 0 Å². The summed E-state index contributed by atoms with van der Waals surface area (Å²) in [6, 6.07) is 3.93. The number of halogens is 1. The number of rotatable bonds is 1. The van der Waals surface area contributed by atoms with Gasteiger partial charge in [0.15, 0.2) is 0 Å². The predicted octanol–water partition coefficient (Wildman–Crippen LogP) is 2.61. The molecule has 0 saturated heterocycles. The molecular formula is C12H11FN2O. The quantitative estimate of drug-likeness (QED) is 0.800. The van der Waals surface area contributed by atoms with Gasteiger partial charge < -0.3 is 5.11 Å². The van der Waals surface area contributed by atoms with Gasteiger partial charge in [0.25, 0.3) is 0 Å². The van der Waals surface area contributed by atoms with Crippen LogP contribution in [0.25, 0.3) is 11.1 Å². The number of hydrogen-bond acceptors (Lipinski definition) is 3. The standard InChI is InChI=1S/C12H11FN2O/c1-7-12(8(2)15-6-14-7)9-3-10(13)5-11(16)4-9/h3-6,16H,1-2H3. The molecule has 0 radical (unpaired) electrons. The average molecular weight is 218 g/mol. The van der Waals surface area contributed by atoms with Crippen LogP contribution in [0.5, 0.6) is 5.75 Å². The van der Waals surface area contributed by atoms with Gasteiger partial charge in [-0.15, -0.1) is 0 Å². The van der Waals surface area contributed by atoms with Crippen molar-refractivity contribution in [1.82, 2.24) is 9.97 Å². The number of phenolic OH excluding ortho intramolecular Hbond substituents is 1. The summed E-state index contributed by atoms with van der Waals surface area (Å²) < 4.78 is 13.2. The molecule has 1 N–H and O–H groups in total. The van der Waals surface area contributed by atoms with Crippen LogP contribution in [0.1, 0.15) is 11.4 Å². The van der Waals surface area contributed by atoms with Crippen molar-refractivity contribution in [2.45, 2.75) is 13.8 Å². The molecule has 82 valence electrons. The van der Waals surface area contributed by atoms with Gasteiger partial charge in [-0.1, -0.05) is 0 Å². The van der Waals surface area contributed by atoms with Gasteiger partial charge >= 0.3 is 0 Å². The summed E-state index contributed by atoms with van der Waals surface area (Å²) in [6.07, 6.45) is 1.47. The molecule has 0 aliphatic rings. The normalized spacial score (nSPS) is 10.4. The van der Waals surface area contributed by atoms with Crippen LogP contribution >= 0.6 is 0 Å². The van der Waals surface area contributed by atoms with E-state index in [1.54, 1.807) is 0 Å². The first-order valence-corrected chi connectivity index (χ1v) is 4.86. The van der Waals surface area contributed by atoms with Crippen molar-refractivity contribution < 1.29 is 9.50 Å². The molecule has 0 spiro atoms. The van der Waals surface area contributed by atoms with E-state index in [4.69, 9.17) is 0 Å². The molecule has 2 rings (SSSR count). The molecule has 2 aromatic rings. The summed E-state index contributed by atoms with van der Waals surface area (Å²) >= 11 is 0. The summed E-state index contributed by atoms with van der Waals surface area (Å²) in [6.45, 7) is 3.65. The van der Waals surface area contributed by atoms with Gasteiger partial charge in [-0.2, -0.15) is 0 Å². The molecule has 1 aromatic heterocycles. The maximum absolute atomic E-state index is 13.2. The van der Waals surface area contributed by atoms with E-state index in [0.29, 0.717) is 5.56 Å². The van der Waals surface area contributed by atoms with E-state index in [0.717, 1.165) is 23.0 Å². The molecule has 4 heteroatoms. The fourth-order valence-corrected chi connectivity index (χ4v) is 1.73. The Morgan fingerprint density at radius 2 is 1.69 bits per heavy atom. The Morgan fingerprint density at radius 3 is 2.25 bits per heavy atom. The van der Waals surface area contributed by atoms with E-state index in [2.05, 4.69) is 9.97 Å². The molecule has 0 atom stereocenters. The third-order valence-electron chi connectivity index (χ3n) is 2.40. The SMILES string of the molecule is Cc1ncnc(C)c1-c1cc(O)cc(F)c1. The first-order chi connectivity index (χ1) is 7.58. The van der Waals surface area contributed by atoms with Crippen LogP contribution in [0.15, 0.2) is 24.5 Å². The third kappa shape index (κ3) is 1.86. The van der Waals surface area contributed by atoms with E-state index in [-0.39, 0.29) is 5.75 Å². The average Bonchev–Trinajstić information content (AvgIpc) is 2.15. The van der Waals surface area contributed by atoms with E-state index in [9.17, 15) is 9.50 Å². The molecule has 16 heavy (non-hydrogen) atoms. The lowest BCUT2D eigenvalue weighted by atomic mass is 10.0. The molecule has 3 nitrogen and oxygen atoms in total. The number of phenols is 1. The van der Waals surface area contributed by atoms with Crippen LogP contribution in [0.4, 0.5) is 4.39 Å². The van der Waals surface area contributed by atoms with E-state index >= 15 is 0 Å². The Hall–Kier alpha value is -1.97. The van der Waals surface area contributed by atoms with Crippen molar-refractivity contribution in [3.8, 4) is 16.9 Å². The first-order valence-electron chi connectivity index (χ1n) is 4.86. The lowest BCUT2D eigenvalue weighted by Crippen LogP contribution is -1.95. The number of hydrogen-bond donors (Lipinski definition) is 1. The summed E-state index contributed by atoms with van der Waals surface area (Å²) in [7, 11) is 0. The maximum Gasteiger partial charge on any atom is 0.127 e. The summed E-state index contributed by atoms with van der Waals surface area (Å²) in [5, 5.41) is 9.36. The second-order valence-corrected chi connectivity index (χ2v) is 3.62. The molecule has 0 saturated carbocycles. The van der Waals surface area contributed by atoms with Crippen LogP contribution in [0.2, 0.25) is 0 Å². The predicted molar refractivity (Wildman–Crippen MR) is 58.6 cm³/mol. The minimum absolute atomic E-state index is 0.0994. The number of benzene rings is 1.